The lowest BCUT2D eigenvalue weighted by Crippen LogP contribution is -2.30. The molecule has 0 heterocycles. The zero-order valence-corrected chi connectivity index (χ0v) is 14.9. The number of aryl methyl sites for hydroxylation is 1. The molecule has 0 radical (unpaired) electrons. The SMILES string of the molecule is Cl.Nc1ccccc1CCC(=O)NCCC(=O)NCc1ccccc1. The van der Waals surface area contributed by atoms with Crippen LogP contribution in [-0.2, 0) is 22.6 Å². The summed E-state index contributed by atoms with van der Waals surface area (Å²) in [7, 11) is 0. The maximum atomic E-state index is 11.8. The van der Waals surface area contributed by atoms with Gasteiger partial charge in [-0.05, 0) is 23.6 Å². The van der Waals surface area contributed by atoms with Crippen molar-refractivity contribution in [3.05, 3.63) is 65.7 Å². The van der Waals surface area contributed by atoms with Gasteiger partial charge in [0.05, 0.1) is 0 Å². The van der Waals surface area contributed by atoms with Gasteiger partial charge in [-0.3, -0.25) is 9.59 Å². The molecule has 2 aromatic rings. The van der Waals surface area contributed by atoms with Crippen molar-refractivity contribution in [2.24, 2.45) is 0 Å². The van der Waals surface area contributed by atoms with Crippen molar-refractivity contribution in [2.75, 3.05) is 12.3 Å². The maximum Gasteiger partial charge on any atom is 0.222 e. The van der Waals surface area contributed by atoms with Gasteiger partial charge in [-0.1, -0.05) is 48.5 Å². The Balaban J connectivity index is 0.00000312. The third-order valence-electron chi connectivity index (χ3n) is 3.68. The first-order valence-electron chi connectivity index (χ1n) is 8.06. The number of hydrogen-bond donors (Lipinski definition) is 3. The summed E-state index contributed by atoms with van der Waals surface area (Å²) in [5.41, 5.74) is 8.56. The van der Waals surface area contributed by atoms with E-state index in [0.29, 0.717) is 31.6 Å². The van der Waals surface area contributed by atoms with Crippen LogP contribution in [0.2, 0.25) is 0 Å². The van der Waals surface area contributed by atoms with Crippen LogP contribution in [0.15, 0.2) is 54.6 Å². The molecule has 25 heavy (non-hydrogen) atoms. The van der Waals surface area contributed by atoms with E-state index in [9.17, 15) is 9.59 Å². The van der Waals surface area contributed by atoms with Gasteiger partial charge in [-0.15, -0.1) is 12.4 Å². The number of halogens is 1. The number of nitrogen functional groups attached to an aromatic ring is 1. The molecule has 0 saturated heterocycles. The summed E-state index contributed by atoms with van der Waals surface area (Å²) in [5, 5.41) is 5.59. The second-order valence-electron chi connectivity index (χ2n) is 5.56. The Hall–Kier alpha value is -2.53. The van der Waals surface area contributed by atoms with E-state index >= 15 is 0 Å². The van der Waals surface area contributed by atoms with E-state index in [-0.39, 0.29) is 30.6 Å². The van der Waals surface area contributed by atoms with Crippen LogP contribution >= 0.6 is 12.4 Å². The standard InChI is InChI=1S/C19H23N3O2.ClH/c20-17-9-5-4-8-16(17)10-11-18(23)21-13-12-19(24)22-14-15-6-2-1-3-7-15;/h1-9H,10-14,20H2,(H,21,23)(H,22,24);1H. The van der Waals surface area contributed by atoms with Crippen LogP contribution in [0.3, 0.4) is 0 Å². The number of amides is 2. The van der Waals surface area contributed by atoms with E-state index in [1.165, 1.54) is 0 Å². The molecule has 0 spiro atoms. The van der Waals surface area contributed by atoms with Crippen molar-refractivity contribution in [1.82, 2.24) is 10.6 Å². The van der Waals surface area contributed by atoms with Crippen molar-refractivity contribution in [1.29, 1.82) is 0 Å². The quantitative estimate of drug-likeness (QED) is 0.631. The second kappa shape index (κ2) is 11.1. The number of nitrogens with two attached hydrogens (primary N) is 1. The summed E-state index contributed by atoms with van der Waals surface area (Å²) in [6.07, 6.45) is 1.23. The highest BCUT2D eigenvalue weighted by Crippen LogP contribution is 2.12. The summed E-state index contributed by atoms with van der Waals surface area (Å²) in [6, 6.07) is 17.2. The van der Waals surface area contributed by atoms with Gasteiger partial charge in [0.25, 0.3) is 0 Å². The molecule has 5 nitrogen and oxygen atoms in total. The Labute approximate surface area is 154 Å². The zero-order valence-electron chi connectivity index (χ0n) is 14.0. The Morgan fingerprint density at radius 3 is 2.20 bits per heavy atom. The van der Waals surface area contributed by atoms with Gasteiger partial charge in [-0.25, -0.2) is 0 Å². The van der Waals surface area contributed by atoms with Crippen molar-refractivity contribution in [3.63, 3.8) is 0 Å². The van der Waals surface area contributed by atoms with Crippen LogP contribution in [0.1, 0.15) is 24.0 Å². The molecule has 0 aromatic heterocycles. The number of para-hydroxylation sites is 1. The summed E-state index contributed by atoms with van der Waals surface area (Å²) in [4.78, 5) is 23.5. The van der Waals surface area contributed by atoms with Crippen LogP contribution in [0.25, 0.3) is 0 Å². The molecule has 0 saturated carbocycles. The molecule has 4 N–H and O–H groups in total. The van der Waals surface area contributed by atoms with Crippen molar-refractivity contribution in [2.45, 2.75) is 25.8 Å². The first-order valence-corrected chi connectivity index (χ1v) is 8.06. The van der Waals surface area contributed by atoms with Crippen molar-refractivity contribution in [3.8, 4) is 0 Å². The normalized spacial score (nSPS) is 9.76. The lowest BCUT2D eigenvalue weighted by molar-refractivity contribution is -0.122. The number of benzene rings is 2. The number of carbonyl (C=O) groups is 2. The van der Waals surface area contributed by atoms with E-state index in [2.05, 4.69) is 10.6 Å². The molecule has 0 aliphatic heterocycles. The van der Waals surface area contributed by atoms with Crippen LogP contribution in [0.5, 0.6) is 0 Å². The van der Waals surface area contributed by atoms with Crippen LogP contribution in [0.4, 0.5) is 5.69 Å². The second-order valence-corrected chi connectivity index (χ2v) is 5.56. The molecule has 0 atom stereocenters. The van der Waals surface area contributed by atoms with E-state index in [1.807, 2.05) is 54.6 Å². The van der Waals surface area contributed by atoms with Crippen molar-refractivity contribution >= 4 is 29.9 Å². The summed E-state index contributed by atoms with van der Waals surface area (Å²) >= 11 is 0. The Kier molecular flexibility index (Phi) is 9.11. The maximum absolute atomic E-state index is 11.8. The summed E-state index contributed by atoms with van der Waals surface area (Å²) < 4.78 is 0. The predicted molar refractivity (Wildman–Crippen MR) is 102 cm³/mol. The van der Waals surface area contributed by atoms with Gasteiger partial charge in [0.15, 0.2) is 0 Å². The largest absolute Gasteiger partial charge is 0.399 e. The zero-order chi connectivity index (χ0) is 17.2. The topological polar surface area (TPSA) is 84.2 Å². The molecule has 2 aromatic carbocycles. The minimum atomic E-state index is -0.0774. The van der Waals surface area contributed by atoms with Crippen LogP contribution in [-0.4, -0.2) is 18.4 Å². The highest BCUT2D eigenvalue weighted by Gasteiger charge is 2.06. The fourth-order valence-corrected chi connectivity index (χ4v) is 2.30. The van der Waals surface area contributed by atoms with E-state index in [1.54, 1.807) is 0 Å². The van der Waals surface area contributed by atoms with Gasteiger partial charge in [-0.2, -0.15) is 0 Å². The Morgan fingerprint density at radius 1 is 0.840 bits per heavy atom. The van der Waals surface area contributed by atoms with Gasteiger partial charge in [0.2, 0.25) is 11.8 Å². The first-order chi connectivity index (χ1) is 11.6. The fraction of sp³-hybridized carbons (Fsp3) is 0.263. The molecule has 0 unspecified atom stereocenters. The molecule has 2 rings (SSSR count). The van der Waals surface area contributed by atoms with E-state index in [4.69, 9.17) is 5.73 Å². The molecular weight excluding hydrogens is 338 g/mol. The number of rotatable bonds is 8. The third-order valence-corrected chi connectivity index (χ3v) is 3.68. The van der Waals surface area contributed by atoms with Gasteiger partial charge < -0.3 is 16.4 Å². The van der Waals surface area contributed by atoms with Crippen LogP contribution in [0, 0.1) is 0 Å². The molecule has 0 fully saturated rings. The lowest BCUT2D eigenvalue weighted by Gasteiger charge is -2.08. The average Bonchev–Trinajstić information content (AvgIpc) is 2.60. The minimum Gasteiger partial charge on any atom is -0.399 e. The fourth-order valence-electron chi connectivity index (χ4n) is 2.30. The number of carbonyl (C=O) groups excluding carboxylic acids is 2. The van der Waals surface area contributed by atoms with Gasteiger partial charge in [0, 0.05) is 31.6 Å². The highest BCUT2D eigenvalue weighted by molar-refractivity contribution is 5.85. The van der Waals surface area contributed by atoms with Gasteiger partial charge >= 0.3 is 0 Å². The highest BCUT2D eigenvalue weighted by atomic mass is 35.5. The molecule has 0 aliphatic carbocycles. The number of anilines is 1. The molecule has 0 bridgehead atoms. The van der Waals surface area contributed by atoms with Crippen molar-refractivity contribution < 1.29 is 9.59 Å². The van der Waals surface area contributed by atoms with E-state index < -0.39 is 0 Å². The van der Waals surface area contributed by atoms with Gasteiger partial charge in [0.1, 0.15) is 0 Å². The Morgan fingerprint density at radius 2 is 1.48 bits per heavy atom. The summed E-state index contributed by atoms with van der Waals surface area (Å²) in [6.45, 7) is 0.838. The molecule has 134 valence electrons. The van der Waals surface area contributed by atoms with E-state index in [0.717, 1.165) is 11.1 Å². The molecule has 2 amide bonds. The Bertz CT molecular complexity index is 677. The third kappa shape index (κ3) is 7.72. The molecule has 6 heteroatoms. The average molecular weight is 362 g/mol. The first kappa shape index (κ1) is 20.5. The number of nitrogens with one attached hydrogen (secondary N) is 2. The monoisotopic (exact) mass is 361 g/mol. The molecular formula is C19H24ClN3O2. The smallest absolute Gasteiger partial charge is 0.222 e. The predicted octanol–water partition coefficient (Wildman–Crippen LogP) is 2.45. The lowest BCUT2D eigenvalue weighted by atomic mass is 10.1. The van der Waals surface area contributed by atoms with Crippen LogP contribution < -0.4 is 16.4 Å². The minimum absolute atomic E-state index is 0. The number of hydrogen-bond acceptors (Lipinski definition) is 3. The summed E-state index contributed by atoms with van der Waals surface area (Å²) in [5.74, 6) is -0.152. The molecule has 0 aliphatic rings.